The summed E-state index contributed by atoms with van der Waals surface area (Å²) >= 11 is 0. The quantitative estimate of drug-likeness (QED) is 0.0108. The highest BCUT2D eigenvalue weighted by atomic mass is 19.1. The molecule has 18 rings (SSSR count). The molecule has 0 saturated heterocycles. The number of Topliss-reactive ketones (excluding diaryl/α,β-unsaturated/α-hetero) is 2. The molecule has 17 aromatic rings. The summed E-state index contributed by atoms with van der Waals surface area (Å²) in [6, 6.07) is 47.3. The number of benzene rings is 5. The summed E-state index contributed by atoms with van der Waals surface area (Å²) in [5, 5.41) is 43.8. The van der Waals surface area contributed by atoms with Gasteiger partial charge in [0.25, 0.3) is 5.91 Å². The number of allylic oxidation sites excluding steroid dienone is 6. The molecule has 0 bridgehead atoms. The molecule has 1 amide bonds. The molecule has 0 spiro atoms. The monoisotopic (exact) mass is 1980 g/mol. The first-order valence-electron chi connectivity index (χ1n) is 47.6. The molecule has 29 heteroatoms. The Morgan fingerprint density at radius 3 is 1.21 bits per heavy atom. The van der Waals surface area contributed by atoms with Crippen LogP contribution >= 0.6 is 0 Å². The lowest BCUT2D eigenvalue weighted by atomic mass is 9.76. The number of amides is 1. The maximum Gasteiger partial charge on any atom is 0.255 e. The van der Waals surface area contributed by atoms with Gasteiger partial charge in [0, 0.05) is 200 Å². The first kappa shape index (κ1) is 108. The number of fused-ring (bicyclic) bond motifs is 6. The van der Waals surface area contributed by atoms with Gasteiger partial charge in [0.1, 0.15) is 57.7 Å². The van der Waals surface area contributed by atoms with Crippen molar-refractivity contribution in [3.05, 3.63) is 356 Å². The lowest BCUT2D eigenvalue weighted by molar-refractivity contribution is -0.114. The molecule has 1 saturated carbocycles. The van der Waals surface area contributed by atoms with Gasteiger partial charge >= 0.3 is 0 Å². The Bertz CT molecular complexity index is 8140. The summed E-state index contributed by atoms with van der Waals surface area (Å²) in [7, 11) is 3.32. The fraction of sp³-hybridized carbons (Fsp3) is 0.202. The van der Waals surface area contributed by atoms with Crippen LogP contribution in [-0.4, -0.2) is 155 Å². The number of aromatic nitrogens is 12. The van der Waals surface area contributed by atoms with Crippen LogP contribution in [0.1, 0.15) is 210 Å². The van der Waals surface area contributed by atoms with Gasteiger partial charge in [-0.05, 0) is 275 Å². The Hall–Kier alpha value is -17.8. The lowest BCUT2D eigenvalue weighted by Gasteiger charge is -2.29. The van der Waals surface area contributed by atoms with Crippen LogP contribution in [0.3, 0.4) is 0 Å². The number of ether oxygens (including phenoxy) is 1. The van der Waals surface area contributed by atoms with E-state index in [2.05, 4.69) is 97.9 Å². The fourth-order valence-electron chi connectivity index (χ4n) is 16.8. The number of nitriles is 2. The minimum atomic E-state index is -0.932. The normalized spacial score (nSPS) is 13.2. The molecule has 12 aromatic heterocycles. The number of rotatable bonds is 26. The van der Waals surface area contributed by atoms with Crippen molar-refractivity contribution in [2.24, 2.45) is 0 Å². The summed E-state index contributed by atoms with van der Waals surface area (Å²) in [5.41, 5.74) is 21.6. The highest BCUT2D eigenvalue weighted by Crippen LogP contribution is 2.43. The Balaban J connectivity index is 0.000000150. The third-order valence-corrected chi connectivity index (χ3v) is 24.7. The van der Waals surface area contributed by atoms with Gasteiger partial charge < -0.3 is 49.8 Å². The highest BCUT2D eigenvalue weighted by molar-refractivity contribution is 6.10. The summed E-state index contributed by atoms with van der Waals surface area (Å²) in [4.78, 5) is 149. The number of halogens is 2. The zero-order valence-electron chi connectivity index (χ0n) is 84.3. The van der Waals surface area contributed by atoms with Crippen LogP contribution in [0.25, 0.3) is 136 Å². The summed E-state index contributed by atoms with van der Waals surface area (Å²) in [6.07, 6.45) is 42.9. The van der Waals surface area contributed by atoms with E-state index in [4.69, 9.17) is 15.3 Å². The van der Waals surface area contributed by atoms with Gasteiger partial charge in [0.05, 0.1) is 34.5 Å². The molecule has 12 heterocycles. The molecule has 148 heavy (non-hydrogen) atoms. The summed E-state index contributed by atoms with van der Waals surface area (Å²) < 4.78 is 31.8. The molecule has 5 aromatic carbocycles. The van der Waals surface area contributed by atoms with Gasteiger partial charge in [0.2, 0.25) is 0 Å². The molecule has 0 radical (unpaired) electrons. The molecule has 748 valence electrons. The molecule has 8 N–H and O–H groups in total. The number of aldehydes is 1. The van der Waals surface area contributed by atoms with Crippen molar-refractivity contribution in [3.63, 3.8) is 0 Å². The van der Waals surface area contributed by atoms with Crippen LogP contribution < -0.4 is 0 Å². The zero-order valence-corrected chi connectivity index (χ0v) is 84.3. The van der Waals surface area contributed by atoms with E-state index in [1.807, 2.05) is 97.3 Å². The minimum absolute atomic E-state index is 0.0196. The fourth-order valence-corrected chi connectivity index (χ4v) is 16.8. The molecular formula is C119H111F2N15O12. The Morgan fingerprint density at radius 1 is 0.419 bits per heavy atom. The molecule has 1 aliphatic rings. The number of aryl methyl sites for hydroxylation is 2. The van der Waals surface area contributed by atoms with E-state index in [0.29, 0.717) is 69.9 Å². The van der Waals surface area contributed by atoms with E-state index in [1.165, 1.54) is 107 Å². The maximum absolute atomic E-state index is 13.4. The van der Waals surface area contributed by atoms with Gasteiger partial charge in [-0.25, -0.2) is 38.7 Å². The molecule has 27 nitrogen and oxygen atoms in total. The first-order chi connectivity index (χ1) is 70.7. The number of carbonyl (C=O) groups excluding carboxylic acids is 9. The number of likely N-dealkylation sites (N-methyl/N-ethyl adjacent to an activating group) is 1. The average Bonchev–Trinajstić information content (AvgIpc) is 1.60. The first-order valence-corrected chi connectivity index (χ1v) is 47.6. The van der Waals surface area contributed by atoms with E-state index >= 15 is 0 Å². The van der Waals surface area contributed by atoms with Gasteiger partial charge in [-0.3, -0.25) is 43.2 Å². The summed E-state index contributed by atoms with van der Waals surface area (Å²) in [5.74, 6) is -1.52. The number of aromatic amines is 6. The molecule has 1 fully saturated rings. The predicted molar refractivity (Wildman–Crippen MR) is 575 cm³/mol. The van der Waals surface area contributed by atoms with Gasteiger partial charge in [-0.2, -0.15) is 10.5 Å². The number of nitrogens with one attached hydrogen (secondary N) is 6. The van der Waals surface area contributed by atoms with E-state index in [9.17, 15) is 62.1 Å². The molecule has 0 aliphatic heterocycles. The number of carbonyl (C=O) groups is 9. The zero-order chi connectivity index (χ0) is 106. The minimum Gasteiger partial charge on any atom is -0.386 e. The average molecular weight is 1980 g/mol. The number of H-pyrrole nitrogens is 6. The Labute approximate surface area is 853 Å². The van der Waals surface area contributed by atoms with Crippen LogP contribution in [0.2, 0.25) is 0 Å². The molecular weight excluding hydrogens is 1870 g/mol. The van der Waals surface area contributed by atoms with Gasteiger partial charge in [0.15, 0.2) is 46.8 Å². The Kier molecular flexibility index (Phi) is 35.3. The molecule has 0 unspecified atom stereocenters. The second-order valence-corrected chi connectivity index (χ2v) is 37.2. The Morgan fingerprint density at radius 2 is 0.797 bits per heavy atom. The third kappa shape index (κ3) is 28.0. The molecule has 0 atom stereocenters. The third-order valence-electron chi connectivity index (χ3n) is 24.7. The van der Waals surface area contributed by atoms with Gasteiger partial charge in [-0.1, -0.05) is 96.1 Å². The van der Waals surface area contributed by atoms with Crippen molar-refractivity contribution in [1.82, 2.24) is 64.7 Å². The number of nitrogens with zero attached hydrogens (tertiary/aromatic N) is 9. The van der Waals surface area contributed by atoms with E-state index in [1.54, 1.807) is 182 Å². The van der Waals surface area contributed by atoms with Crippen LogP contribution in [0.15, 0.2) is 255 Å². The van der Waals surface area contributed by atoms with Crippen LogP contribution in [-0.2, 0) is 44.7 Å². The van der Waals surface area contributed by atoms with Crippen molar-refractivity contribution in [1.29, 1.82) is 10.5 Å². The van der Waals surface area contributed by atoms with Crippen molar-refractivity contribution in [2.75, 3.05) is 27.3 Å². The van der Waals surface area contributed by atoms with Crippen LogP contribution in [0.5, 0.6) is 0 Å². The van der Waals surface area contributed by atoms with Crippen molar-refractivity contribution in [2.45, 2.75) is 132 Å². The maximum atomic E-state index is 13.4. The van der Waals surface area contributed by atoms with Crippen molar-refractivity contribution < 1.29 is 66.9 Å². The lowest BCUT2D eigenvalue weighted by Crippen LogP contribution is -2.30. The number of hydrogen-bond acceptors (Lipinski definition) is 20. The van der Waals surface area contributed by atoms with E-state index in [0.717, 1.165) is 140 Å². The summed E-state index contributed by atoms with van der Waals surface area (Å²) in [6.45, 7) is 21.1. The van der Waals surface area contributed by atoms with Crippen LogP contribution in [0.4, 0.5) is 8.78 Å². The second-order valence-electron chi connectivity index (χ2n) is 37.2. The largest absolute Gasteiger partial charge is 0.386 e. The topological polar surface area (TPSA) is 426 Å². The molecule has 1 aliphatic carbocycles. The number of pyridine rings is 6. The van der Waals surface area contributed by atoms with Crippen molar-refractivity contribution in [3.8, 4) is 45.5 Å². The number of methoxy groups -OCH3 is 1. The number of ketones is 7. The van der Waals surface area contributed by atoms with E-state index < -0.39 is 28.6 Å². The second kappa shape index (κ2) is 48.5. The standard InChI is InChI=1S/C25H28N2O.C24H16F2N2O2.2C21H19N3O2.C16H19N3O3.C12H10N2O2/c1-16-10-17(2)12-22(11-16)19-6-8-20(9-7-19)23-13-24-21(5-4-18(3)28)14-26-25(24)27-15-23;1-14(29)2-3-17-12-27-24-22(17)10-19(13-28-24)15-4-6-16(7-5-15)23(30)18-8-20(25)11-21(26)9-18;1-13(25)15(10-22)8-17-12-24-20-19(17)9-16(11-23-20)14-4-6-18(7-5-14)21(2,3)26;1-13(25)15(10-22)7-17-12-24-20-19(17)9-16(11-23-20)14-5-4-6-18(8-14)21(2,3)26;1-11(20)4-5-12-9-17-15-14(12)8-13(10-18-15)16(21)19(2)6-7-22-3;1-8(16)2-3-10-6-14-12-11(10)4-9(7-15)5-13-12/h4-5,10-15,19-20H,6-9H2,1-3H3,(H,26,27);2-13H,1H3,(H,27,28);2*4-9,11-12,26H,1-3H3,(H,23,24);4-5,8-10H,6-7H2,1-3H3,(H,17,18);2-7H,1H3,(H,13,14)/b5-4+;3-2+;15-8+;15-7+;5-4+;3-2+. The van der Waals surface area contributed by atoms with E-state index in [-0.39, 0.29) is 57.3 Å². The highest BCUT2D eigenvalue weighted by Gasteiger charge is 2.27. The van der Waals surface area contributed by atoms with Gasteiger partial charge in [-0.15, -0.1) is 0 Å². The number of hydrogen-bond donors (Lipinski definition) is 8. The van der Waals surface area contributed by atoms with Crippen molar-refractivity contribution >= 4 is 155 Å². The predicted octanol–water partition coefficient (Wildman–Crippen LogP) is 23.3. The van der Waals surface area contributed by atoms with Crippen LogP contribution in [0, 0.1) is 48.1 Å². The SMILES string of the molecule is CC(=O)/C(C#N)=C/c1c[nH]c2ncc(-c3ccc(C(C)(C)O)cc3)cc12.CC(=O)/C(C#N)=C/c1c[nH]c2ncc(-c3cccc(C(C)(C)O)c3)cc12.CC(=O)/C=C/c1c[nH]c2ncc(-c3ccc(C(=O)c4cc(F)cc(F)c4)cc3)cc12.CC(=O)/C=C/c1c[nH]c2ncc(C3CCC(c4cc(C)cc(C)c4)CC3)cc12.CC(=O)/C=C/c1c[nH]c2ncc(C=O)cc12.COCCN(C)C(=O)c1cnc2[nH]cc(/C=C/C(C)=O)c2c1. The number of aliphatic hydroxyl groups is 2. The smallest absolute Gasteiger partial charge is 0.255 e.